The van der Waals surface area contributed by atoms with Gasteiger partial charge in [-0.15, -0.1) is 0 Å². The fourth-order valence-corrected chi connectivity index (χ4v) is 3.12. The van der Waals surface area contributed by atoms with Crippen LogP contribution in [0.4, 0.5) is 13.2 Å². The van der Waals surface area contributed by atoms with E-state index in [4.69, 9.17) is 44.3 Å². The third kappa shape index (κ3) is 8.45. The molecule has 0 aliphatic rings. The first kappa shape index (κ1) is 26.2. The van der Waals surface area contributed by atoms with Crippen LogP contribution in [0.15, 0.2) is 47.0 Å². The van der Waals surface area contributed by atoms with Crippen LogP contribution in [0.3, 0.4) is 0 Å². The molecule has 2 aromatic rings. The highest BCUT2D eigenvalue weighted by Gasteiger charge is 2.30. The van der Waals surface area contributed by atoms with Crippen LogP contribution in [0.25, 0.3) is 0 Å². The molecular weight excluding hydrogens is 490 g/mol. The molecule has 0 aliphatic carbocycles. The molecule has 174 valence electrons. The molecule has 2 rings (SSSR count). The summed E-state index contributed by atoms with van der Waals surface area (Å²) in [6, 6.07) is 7.48. The highest BCUT2D eigenvalue weighted by atomic mass is 35.5. The monoisotopic (exact) mass is 509 g/mol. The Morgan fingerprint density at radius 2 is 1.78 bits per heavy atom. The van der Waals surface area contributed by atoms with Gasteiger partial charge in [-0.2, -0.15) is 13.2 Å². The molecule has 0 atom stereocenters. The van der Waals surface area contributed by atoms with Gasteiger partial charge in [-0.3, -0.25) is 4.79 Å². The largest absolute Gasteiger partial charge is 0.492 e. The van der Waals surface area contributed by atoms with Gasteiger partial charge < -0.3 is 14.8 Å². The fraction of sp³-hybridized carbons (Fsp3) is 0.318. The molecule has 0 bridgehead atoms. The maximum absolute atomic E-state index is 12.6. The van der Waals surface area contributed by atoms with Crippen molar-refractivity contribution < 1.29 is 27.4 Å². The minimum absolute atomic E-state index is 0.114. The number of benzene rings is 2. The maximum atomic E-state index is 12.6. The number of carbonyl (C=O) groups is 1. The van der Waals surface area contributed by atoms with Crippen molar-refractivity contribution in [2.75, 3.05) is 19.8 Å². The summed E-state index contributed by atoms with van der Waals surface area (Å²) >= 11 is 17.3. The van der Waals surface area contributed by atoms with Crippen LogP contribution in [0.5, 0.6) is 11.5 Å². The highest BCUT2D eigenvalue weighted by molar-refractivity contribution is 6.55. The van der Waals surface area contributed by atoms with Crippen molar-refractivity contribution in [3.63, 3.8) is 0 Å². The van der Waals surface area contributed by atoms with Crippen molar-refractivity contribution in [1.29, 1.82) is 0 Å². The SMILES string of the molecule is Cc1cc(OCC=C(Cl)Cl)cc(Cl)c1OCCCCNC(=O)c1ccc(C(F)(F)F)cc1. The van der Waals surface area contributed by atoms with Crippen molar-refractivity contribution in [1.82, 2.24) is 5.32 Å². The smallest absolute Gasteiger partial charge is 0.416 e. The first-order chi connectivity index (χ1) is 15.1. The van der Waals surface area contributed by atoms with Gasteiger partial charge in [-0.05, 0) is 61.7 Å². The molecule has 32 heavy (non-hydrogen) atoms. The van der Waals surface area contributed by atoms with Gasteiger partial charge in [-0.25, -0.2) is 0 Å². The van der Waals surface area contributed by atoms with E-state index in [2.05, 4.69) is 5.32 Å². The summed E-state index contributed by atoms with van der Waals surface area (Å²) in [7, 11) is 0. The van der Waals surface area contributed by atoms with E-state index in [1.807, 2.05) is 6.92 Å². The van der Waals surface area contributed by atoms with Crippen molar-refractivity contribution in [2.45, 2.75) is 25.9 Å². The molecule has 0 saturated heterocycles. The minimum Gasteiger partial charge on any atom is -0.492 e. The number of halogens is 6. The number of alkyl halides is 3. The number of amides is 1. The first-order valence-electron chi connectivity index (χ1n) is 9.60. The summed E-state index contributed by atoms with van der Waals surface area (Å²) in [5, 5.41) is 3.07. The average Bonchev–Trinajstić information content (AvgIpc) is 2.71. The van der Waals surface area contributed by atoms with Crippen LogP contribution in [0.2, 0.25) is 5.02 Å². The summed E-state index contributed by atoms with van der Waals surface area (Å²) in [5.41, 5.74) is 0.170. The third-order valence-corrected chi connectivity index (χ3v) is 4.86. The summed E-state index contributed by atoms with van der Waals surface area (Å²) in [6.45, 7) is 2.78. The molecule has 0 fully saturated rings. The van der Waals surface area contributed by atoms with E-state index >= 15 is 0 Å². The van der Waals surface area contributed by atoms with Crippen LogP contribution < -0.4 is 14.8 Å². The van der Waals surface area contributed by atoms with Crippen LogP contribution in [0, 0.1) is 6.92 Å². The zero-order valence-corrected chi connectivity index (χ0v) is 19.3. The second kappa shape index (κ2) is 12.2. The molecule has 0 heterocycles. The lowest BCUT2D eigenvalue weighted by atomic mass is 10.1. The average molecular weight is 511 g/mol. The third-order valence-electron chi connectivity index (χ3n) is 4.27. The topological polar surface area (TPSA) is 47.6 Å². The lowest BCUT2D eigenvalue weighted by molar-refractivity contribution is -0.137. The number of hydrogen-bond donors (Lipinski definition) is 1. The molecule has 10 heteroatoms. The minimum atomic E-state index is -4.43. The first-order valence-corrected chi connectivity index (χ1v) is 10.7. The zero-order chi connectivity index (χ0) is 23.7. The Hall–Kier alpha value is -2.09. The van der Waals surface area contributed by atoms with Crippen molar-refractivity contribution in [3.05, 3.63) is 68.7 Å². The van der Waals surface area contributed by atoms with Gasteiger partial charge in [0.1, 0.15) is 22.6 Å². The molecular formula is C22H21Cl3F3NO3. The number of carbonyl (C=O) groups excluding carboxylic acids is 1. The Morgan fingerprint density at radius 3 is 2.38 bits per heavy atom. The summed E-state index contributed by atoms with van der Waals surface area (Å²) in [5.74, 6) is 0.662. The Morgan fingerprint density at radius 1 is 1.09 bits per heavy atom. The maximum Gasteiger partial charge on any atom is 0.416 e. The van der Waals surface area contributed by atoms with E-state index in [-0.39, 0.29) is 16.7 Å². The van der Waals surface area contributed by atoms with E-state index in [0.717, 1.165) is 29.8 Å². The second-order valence-corrected chi connectivity index (χ2v) is 8.16. The van der Waals surface area contributed by atoms with E-state index in [1.54, 1.807) is 12.1 Å². The molecule has 0 unspecified atom stereocenters. The van der Waals surface area contributed by atoms with Crippen molar-refractivity contribution in [2.24, 2.45) is 0 Å². The zero-order valence-electron chi connectivity index (χ0n) is 17.1. The normalized spacial score (nSPS) is 11.1. The number of ether oxygens (including phenoxy) is 2. The van der Waals surface area contributed by atoms with Gasteiger partial charge in [0.2, 0.25) is 0 Å². The Labute approximate surface area is 199 Å². The number of aryl methyl sites for hydroxylation is 1. The second-order valence-electron chi connectivity index (χ2n) is 6.74. The molecule has 0 aromatic heterocycles. The summed E-state index contributed by atoms with van der Waals surface area (Å²) in [4.78, 5) is 12.0. The molecule has 1 N–H and O–H groups in total. The molecule has 0 spiro atoms. The van der Waals surface area contributed by atoms with Crippen molar-refractivity contribution in [3.8, 4) is 11.5 Å². The van der Waals surface area contributed by atoms with Gasteiger partial charge in [0, 0.05) is 18.2 Å². The predicted molar refractivity (Wildman–Crippen MR) is 120 cm³/mol. The van der Waals surface area contributed by atoms with Crippen LogP contribution in [-0.4, -0.2) is 25.7 Å². The number of nitrogens with one attached hydrogen (secondary N) is 1. The quantitative estimate of drug-likeness (QED) is 0.352. The molecule has 0 saturated carbocycles. The fourth-order valence-electron chi connectivity index (χ4n) is 2.68. The lowest BCUT2D eigenvalue weighted by Crippen LogP contribution is -2.24. The van der Waals surface area contributed by atoms with Gasteiger partial charge in [0.15, 0.2) is 0 Å². The van der Waals surface area contributed by atoms with E-state index in [1.165, 1.54) is 6.08 Å². The van der Waals surface area contributed by atoms with Gasteiger partial charge in [-0.1, -0.05) is 34.8 Å². The Balaban J connectivity index is 1.73. The summed E-state index contributed by atoms with van der Waals surface area (Å²) in [6.07, 6.45) is -1.66. The van der Waals surface area contributed by atoms with E-state index < -0.39 is 17.6 Å². The lowest BCUT2D eigenvalue weighted by Gasteiger charge is -2.13. The standard InChI is InChI=1S/C22H21Cl3F3NO3/c1-14-12-17(31-11-8-19(24)25)13-18(23)20(14)32-10-3-2-9-29-21(30)15-4-6-16(7-5-15)22(26,27)28/h4-8,12-13H,2-3,9-11H2,1H3,(H,29,30). The van der Waals surface area contributed by atoms with Crippen LogP contribution in [-0.2, 0) is 6.18 Å². The molecule has 0 aliphatic heterocycles. The molecule has 1 amide bonds. The van der Waals surface area contributed by atoms with Crippen molar-refractivity contribution >= 4 is 40.7 Å². The Kier molecular flexibility index (Phi) is 10.0. The number of hydrogen-bond acceptors (Lipinski definition) is 3. The molecule has 4 nitrogen and oxygen atoms in total. The Bertz CT molecular complexity index is 921. The number of unbranched alkanes of at least 4 members (excludes halogenated alkanes) is 1. The van der Waals surface area contributed by atoms with Crippen LogP contribution >= 0.6 is 34.8 Å². The van der Waals surface area contributed by atoms with Gasteiger partial charge >= 0.3 is 6.18 Å². The van der Waals surface area contributed by atoms with Crippen LogP contribution in [0.1, 0.15) is 34.3 Å². The van der Waals surface area contributed by atoms with E-state index in [9.17, 15) is 18.0 Å². The van der Waals surface area contributed by atoms with Gasteiger partial charge in [0.05, 0.1) is 17.2 Å². The molecule has 2 aromatic carbocycles. The molecule has 0 radical (unpaired) electrons. The number of rotatable bonds is 10. The highest BCUT2D eigenvalue weighted by Crippen LogP contribution is 2.33. The van der Waals surface area contributed by atoms with Gasteiger partial charge in [0.25, 0.3) is 5.91 Å². The summed E-state index contributed by atoms with van der Waals surface area (Å²) < 4.78 is 49.1. The van der Waals surface area contributed by atoms with E-state index in [0.29, 0.717) is 42.5 Å². The predicted octanol–water partition coefficient (Wildman–Crippen LogP) is 6.95.